The molecule has 1 amide bonds. The van der Waals surface area contributed by atoms with E-state index in [1.165, 1.54) is 4.31 Å². The topological polar surface area (TPSA) is 78.8 Å². The number of hydrogen-bond acceptors (Lipinski definition) is 5. The van der Waals surface area contributed by atoms with E-state index in [9.17, 15) is 26.4 Å². The number of halogens is 4. The third-order valence-electron chi connectivity index (χ3n) is 7.15. The van der Waals surface area contributed by atoms with Gasteiger partial charge in [0.25, 0.3) is 0 Å². The number of aromatic nitrogens is 2. The number of nitrogens with zero attached hydrogens (tertiary/aromatic N) is 5. The number of carbonyl (C=O) groups excluding carboxylic acids is 1. The highest BCUT2D eigenvalue weighted by atomic mass is 35.5. The van der Waals surface area contributed by atoms with Gasteiger partial charge in [-0.2, -0.15) is 17.5 Å². The monoisotopic (exact) mass is 581 g/mol. The number of sulfonamides is 1. The zero-order valence-corrected chi connectivity index (χ0v) is 22.5. The first kappa shape index (κ1) is 27.5. The Labute approximate surface area is 229 Å². The molecule has 5 rings (SSSR count). The van der Waals surface area contributed by atoms with Gasteiger partial charge < -0.3 is 14.4 Å². The minimum atomic E-state index is -4.66. The Morgan fingerprint density at radius 2 is 1.82 bits per heavy atom. The second-order valence-corrected chi connectivity index (χ2v) is 11.8. The molecule has 0 bridgehead atoms. The van der Waals surface area contributed by atoms with E-state index in [1.54, 1.807) is 23.2 Å². The Bertz CT molecular complexity index is 1450. The van der Waals surface area contributed by atoms with Crippen molar-refractivity contribution < 1.29 is 26.4 Å². The molecule has 0 radical (unpaired) electrons. The van der Waals surface area contributed by atoms with Crippen LogP contribution in [0.4, 0.5) is 19.0 Å². The minimum Gasteiger partial charge on any atom is -0.355 e. The Morgan fingerprint density at radius 1 is 1.00 bits per heavy atom. The first-order chi connectivity index (χ1) is 18.6. The number of anilines is 1. The van der Waals surface area contributed by atoms with E-state index in [1.807, 2.05) is 29.0 Å². The minimum absolute atomic E-state index is 0.0484. The molecule has 208 valence electrons. The van der Waals surface area contributed by atoms with E-state index < -0.39 is 37.7 Å². The molecular weight excluding hydrogens is 555 g/mol. The van der Waals surface area contributed by atoms with Crippen molar-refractivity contribution in [2.24, 2.45) is 0 Å². The molecule has 0 aliphatic carbocycles. The highest BCUT2D eigenvalue weighted by Crippen LogP contribution is 2.38. The fraction of sp³-hybridized carbons (Fsp3) is 0.385. The molecule has 8 nitrogen and oxygen atoms in total. The Balaban J connectivity index is 1.38. The molecule has 2 aromatic heterocycles. The second-order valence-electron chi connectivity index (χ2n) is 9.51. The zero-order chi connectivity index (χ0) is 27.8. The van der Waals surface area contributed by atoms with Gasteiger partial charge >= 0.3 is 6.18 Å². The van der Waals surface area contributed by atoms with Crippen LogP contribution in [0.15, 0.2) is 65.8 Å². The van der Waals surface area contributed by atoms with Crippen LogP contribution in [0.1, 0.15) is 30.1 Å². The van der Waals surface area contributed by atoms with Gasteiger partial charge in [0.1, 0.15) is 10.7 Å². The number of amides is 1. The van der Waals surface area contributed by atoms with E-state index in [0.717, 1.165) is 24.8 Å². The standard InChI is InChI=1S/C26H27ClF3N5O3S/c27-20-17-19(26(28,29)30)7-8-23(20)39(37,38)35-16-15-32-10-3-5-21(32)22(35)18-25(36)34-12-4-11-33(13-14-34)24-6-1-2-9-31-24/h1-3,5-10,17,22H,4,11-16,18H2. The van der Waals surface area contributed by atoms with Gasteiger partial charge in [-0.05, 0) is 48.9 Å². The van der Waals surface area contributed by atoms with Gasteiger partial charge in [-0.1, -0.05) is 17.7 Å². The van der Waals surface area contributed by atoms with Crippen molar-refractivity contribution in [1.29, 1.82) is 0 Å². The van der Waals surface area contributed by atoms with E-state index in [-0.39, 0.29) is 18.9 Å². The highest BCUT2D eigenvalue weighted by Gasteiger charge is 2.40. The maximum atomic E-state index is 13.7. The third-order valence-corrected chi connectivity index (χ3v) is 9.54. The number of rotatable bonds is 5. The number of pyridine rings is 1. The van der Waals surface area contributed by atoms with Crippen LogP contribution in [0.3, 0.4) is 0 Å². The first-order valence-electron chi connectivity index (χ1n) is 12.5. The molecular formula is C26H27ClF3N5O3S. The van der Waals surface area contributed by atoms with Crippen LogP contribution < -0.4 is 4.90 Å². The molecule has 0 spiro atoms. The van der Waals surface area contributed by atoms with Gasteiger partial charge in [0.2, 0.25) is 15.9 Å². The van der Waals surface area contributed by atoms with Gasteiger partial charge in [0.05, 0.1) is 16.6 Å². The average Bonchev–Trinajstić information content (AvgIpc) is 3.25. The fourth-order valence-electron chi connectivity index (χ4n) is 5.18. The molecule has 4 heterocycles. The lowest BCUT2D eigenvalue weighted by atomic mass is 10.1. The van der Waals surface area contributed by atoms with Crippen molar-refractivity contribution >= 4 is 33.3 Å². The maximum Gasteiger partial charge on any atom is 0.416 e. The summed E-state index contributed by atoms with van der Waals surface area (Å²) in [4.78, 5) is 21.4. The van der Waals surface area contributed by atoms with Crippen molar-refractivity contribution in [2.75, 3.05) is 37.6 Å². The molecule has 1 unspecified atom stereocenters. The lowest BCUT2D eigenvalue weighted by Gasteiger charge is -2.37. The largest absolute Gasteiger partial charge is 0.416 e. The number of fused-ring (bicyclic) bond motifs is 1. The van der Waals surface area contributed by atoms with Crippen molar-refractivity contribution in [1.82, 2.24) is 18.8 Å². The van der Waals surface area contributed by atoms with Crippen molar-refractivity contribution in [3.63, 3.8) is 0 Å². The predicted molar refractivity (Wildman–Crippen MR) is 140 cm³/mol. The zero-order valence-electron chi connectivity index (χ0n) is 20.9. The van der Waals surface area contributed by atoms with Gasteiger partial charge in [-0.25, -0.2) is 13.4 Å². The molecule has 1 atom stereocenters. The lowest BCUT2D eigenvalue weighted by Crippen LogP contribution is -2.45. The summed E-state index contributed by atoms with van der Waals surface area (Å²) in [6.07, 6.45) is -0.498. The van der Waals surface area contributed by atoms with E-state index >= 15 is 0 Å². The van der Waals surface area contributed by atoms with Crippen molar-refractivity contribution in [2.45, 2.75) is 36.5 Å². The summed E-state index contributed by atoms with van der Waals surface area (Å²) in [6, 6.07) is 10.6. The van der Waals surface area contributed by atoms with Crippen LogP contribution in [0.2, 0.25) is 5.02 Å². The molecule has 0 N–H and O–H groups in total. The summed E-state index contributed by atoms with van der Waals surface area (Å²) in [7, 11) is -4.32. The highest BCUT2D eigenvalue weighted by molar-refractivity contribution is 7.89. The molecule has 3 aromatic rings. The molecule has 0 saturated carbocycles. The Kier molecular flexibility index (Phi) is 7.62. The second kappa shape index (κ2) is 10.8. The summed E-state index contributed by atoms with van der Waals surface area (Å²) in [5.41, 5.74) is -0.391. The van der Waals surface area contributed by atoms with Crippen LogP contribution in [0, 0.1) is 0 Å². The SMILES string of the molecule is O=C(CC1c2cccn2CCN1S(=O)(=O)c1ccc(C(F)(F)F)cc1Cl)N1CCCN(c2ccccn2)CC1. The number of hydrogen-bond donors (Lipinski definition) is 0. The molecule has 1 saturated heterocycles. The number of alkyl halides is 3. The molecule has 1 fully saturated rings. The Hall–Kier alpha value is -3.09. The van der Waals surface area contributed by atoms with Crippen LogP contribution in [-0.4, -0.2) is 65.8 Å². The van der Waals surface area contributed by atoms with Crippen LogP contribution in [0.25, 0.3) is 0 Å². The molecule has 1 aromatic carbocycles. The maximum absolute atomic E-state index is 13.7. The quantitative estimate of drug-likeness (QED) is 0.445. The summed E-state index contributed by atoms with van der Waals surface area (Å²) in [5, 5.41) is -0.516. The van der Waals surface area contributed by atoms with E-state index in [4.69, 9.17) is 11.6 Å². The summed E-state index contributed by atoms with van der Waals surface area (Å²) in [6.45, 7) is 2.70. The average molecular weight is 582 g/mol. The molecule has 2 aliphatic heterocycles. The van der Waals surface area contributed by atoms with Crippen molar-refractivity contribution in [3.05, 3.63) is 77.2 Å². The third kappa shape index (κ3) is 5.64. The summed E-state index contributed by atoms with van der Waals surface area (Å²) >= 11 is 6.08. The smallest absolute Gasteiger partial charge is 0.355 e. The first-order valence-corrected chi connectivity index (χ1v) is 14.3. The summed E-state index contributed by atoms with van der Waals surface area (Å²) < 4.78 is 70.0. The van der Waals surface area contributed by atoms with Crippen LogP contribution in [0.5, 0.6) is 0 Å². The lowest BCUT2D eigenvalue weighted by molar-refractivity contribution is -0.137. The van der Waals surface area contributed by atoms with Gasteiger partial charge in [-0.15, -0.1) is 0 Å². The Morgan fingerprint density at radius 3 is 2.54 bits per heavy atom. The van der Waals surface area contributed by atoms with E-state index in [2.05, 4.69) is 9.88 Å². The summed E-state index contributed by atoms with van der Waals surface area (Å²) in [5.74, 6) is 0.638. The fourth-order valence-corrected chi connectivity index (χ4v) is 7.29. The van der Waals surface area contributed by atoms with Gasteiger partial charge in [0, 0.05) is 63.8 Å². The van der Waals surface area contributed by atoms with Crippen molar-refractivity contribution in [3.8, 4) is 0 Å². The van der Waals surface area contributed by atoms with Crippen LogP contribution >= 0.6 is 11.6 Å². The molecule has 2 aliphatic rings. The molecule has 39 heavy (non-hydrogen) atoms. The van der Waals surface area contributed by atoms with Gasteiger partial charge in [-0.3, -0.25) is 4.79 Å². The van der Waals surface area contributed by atoms with Gasteiger partial charge in [0.15, 0.2) is 0 Å². The normalized spacial score (nSPS) is 19.0. The predicted octanol–water partition coefficient (Wildman–Crippen LogP) is 4.43. The number of benzene rings is 1. The number of carbonyl (C=O) groups is 1. The van der Waals surface area contributed by atoms with Crippen LogP contribution in [-0.2, 0) is 27.5 Å². The van der Waals surface area contributed by atoms with E-state index in [0.29, 0.717) is 44.0 Å². The molecule has 13 heteroatoms.